The van der Waals surface area contributed by atoms with Gasteiger partial charge in [0.25, 0.3) is 0 Å². The summed E-state index contributed by atoms with van der Waals surface area (Å²) in [4.78, 5) is 14.8. The Hall–Kier alpha value is -2.61. The lowest BCUT2D eigenvalue weighted by Gasteiger charge is -2.23. The van der Waals surface area contributed by atoms with E-state index in [0.29, 0.717) is 25.4 Å². The van der Waals surface area contributed by atoms with Crippen LogP contribution in [0, 0.1) is 0 Å². The minimum Gasteiger partial charge on any atom is -0.504 e. The number of nitrogens with one attached hydrogen (secondary N) is 2. The number of thiophene rings is 1. The standard InChI is InChI=1S/C22H23N3O3S/c1-13-8-18(24-23-13)22(27)25-6-7-28-21-15(11-25)9-14(10-19(21)26)17-12-29-20-5-3-2-4-16(17)20/h2-5,9-10,12-13,18,23-24,26H,6-8,11H2,1H3. The summed E-state index contributed by atoms with van der Waals surface area (Å²) in [6.07, 6.45) is 0.759. The zero-order chi connectivity index (χ0) is 20.0. The fraction of sp³-hybridized carbons (Fsp3) is 0.318. The summed E-state index contributed by atoms with van der Waals surface area (Å²) in [6.45, 7) is 3.33. The van der Waals surface area contributed by atoms with E-state index in [0.717, 1.165) is 28.5 Å². The highest BCUT2D eigenvalue weighted by atomic mass is 32.1. The minimum atomic E-state index is -0.232. The molecule has 6 nitrogen and oxygen atoms in total. The number of phenols is 1. The maximum absolute atomic E-state index is 13.0. The first-order chi connectivity index (χ1) is 14.1. The Morgan fingerprint density at radius 3 is 2.97 bits per heavy atom. The number of carbonyl (C=O) groups excluding carboxylic acids is 1. The third kappa shape index (κ3) is 3.35. The number of carbonyl (C=O) groups is 1. The second kappa shape index (κ2) is 7.33. The maximum atomic E-state index is 13.0. The van der Waals surface area contributed by atoms with Gasteiger partial charge in [-0.1, -0.05) is 18.2 Å². The zero-order valence-corrected chi connectivity index (χ0v) is 17.0. The molecule has 5 rings (SSSR count). The largest absolute Gasteiger partial charge is 0.504 e. The van der Waals surface area contributed by atoms with Crippen LogP contribution in [0.15, 0.2) is 41.8 Å². The van der Waals surface area contributed by atoms with Crippen molar-refractivity contribution in [2.24, 2.45) is 0 Å². The first-order valence-electron chi connectivity index (χ1n) is 9.85. The van der Waals surface area contributed by atoms with Crippen LogP contribution in [-0.4, -0.2) is 41.1 Å². The number of hydrazine groups is 1. The molecule has 1 amide bonds. The van der Waals surface area contributed by atoms with E-state index in [1.165, 1.54) is 4.70 Å². The molecule has 2 aliphatic rings. The number of rotatable bonds is 2. The van der Waals surface area contributed by atoms with Crippen molar-refractivity contribution in [2.45, 2.75) is 32.0 Å². The van der Waals surface area contributed by atoms with Crippen molar-refractivity contribution in [1.82, 2.24) is 15.8 Å². The summed E-state index contributed by atoms with van der Waals surface area (Å²) in [5, 5.41) is 13.9. The van der Waals surface area contributed by atoms with Crippen molar-refractivity contribution in [3.05, 3.63) is 47.3 Å². The van der Waals surface area contributed by atoms with Crippen LogP contribution in [-0.2, 0) is 11.3 Å². The molecule has 29 heavy (non-hydrogen) atoms. The predicted molar refractivity (Wildman–Crippen MR) is 114 cm³/mol. The normalized spacial score (nSPS) is 21.6. The highest BCUT2D eigenvalue weighted by molar-refractivity contribution is 7.17. The summed E-state index contributed by atoms with van der Waals surface area (Å²) in [5.74, 6) is 0.662. The van der Waals surface area contributed by atoms with Crippen molar-refractivity contribution in [1.29, 1.82) is 0 Å². The Morgan fingerprint density at radius 1 is 1.28 bits per heavy atom. The maximum Gasteiger partial charge on any atom is 0.241 e. The molecule has 7 heteroatoms. The van der Waals surface area contributed by atoms with Gasteiger partial charge in [0.2, 0.25) is 5.91 Å². The zero-order valence-electron chi connectivity index (χ0n) is 16.1. The van der Waals surface area contributed by atoms with Gasteiger partial charge in [0.15, 0.2) is 11.5 Å². The van der Waals surface area contributed by atoms with Gasteiger partial charge in [-0.2, -0.15) is 0 Å². The molecule has 2 atom stereocenters. The molecular formula is C22H23N3O3S. The minimum absolute atomic E-state index is 0.0594. The molecule has 1 aromatic heterocycles. The summed E-state index contributed by atoms with van der Waals surface area (Å²) in [7, 11) is 0. The number of fused-ring (bicyclic) bond motifs is 2. The van der Waals surface area contributed by atoms with Crippen LogP contribution in [0.25, 0.3) is 21.2 Å². The van der Waals surface area contributed by atoms with Gasteiger partial charge in [-0.3, -0.25) is 10.2 Å². The molecule has 3 aromatic rings. The van der Waals surface area contributed by atoms with Gasteiger partial charge in [0.1, 0.15) is 12.6 Å². The Bertz CT molecular complexity index is 1080. The Morgan fingerprint density at radius 2 is 2.14 bits per heavy atom. The van der Waals surface area contributed by atoms with Crippen LogP contribution < -0.4 is 15.6 Å². The first kappa shape index (κ1) is 18.4. The van der Waals surface area contributed by atoms with Crippen molar-refractivity contribution >= 4 is 27.3 Å². The molecule has 2 aliphatic heterocycles. The molecule has 2 aromatic carbocycles. The summed E-state index contributed by atoms with van der Waals surface area (Å²) in [5.41, 5.74) is 9.05. The van der Waals surface area contributed by atoms with Crippen LogP contribution in [0.1, 0.15) is 18.9 Å². The topological polar surface area (TPSA) is 73.8 Å². The van der Waals surface area contributed by atoms with Gasteiger partial charge in [-0.25, -0.2) is 5.43 Å². The molecular weight excluding hydrogens is 386 g/mol. The van der Waals surface area contributed by atoms with E-state index in [1.807, 2.05) is 23.1 Å². The van der Waals surface area contributed by atoms with Crippen LogP contribution in [0.3, 0.4) is 0 Å². The average molecular weight is 410 g/mol. The molecule has 2 unspecified atom stereocenters. The average Bonchev–Trinajstić information content (AvgIpc) is 3.28. The highest BCUT2D eigenvalue weighted by Crippen LogP contribution is 2.41. The lowest BCUT2D eigenvalue weighted by molar-refractivity contribution is -0.133. The molecule has 1 fully saturated rings. The van der Waals surface area contributed by atoms with Crippen molar-refractivity contribution in [2.75, 3.05) is 13.2 Å². The summed E-state index contributed by atoms with van der Waals surface area (Å²) >= 11 is 1.69. The highest BCUT2D eigenvalue weighted by Gasteiger charge is 2.32. The van der Waals surface area contributed by atoms with Crippen LogP contribution in [0.5, 0.6) is 11.5 Å². The molecule has 0 spiro atoms. The van der Waals surface area contributed by atoms with Gasteiger partial charge in [-0.05, 0) is 42.5 Å². The number of hydrogen-bond acceptors (Lipinski definition) is 6. The molecule has 3 N–H and O–H groups in total. The van der Waals surface area contributed by atoms with E-state index in [4.69, 9.17) is 4.74 Å². The molecule has 0 aliphatic carbocycles. The van der Waals surface area contributed by atoms with Crippen molar-refractivity contribution in [3.63, 3.8) is 0 Å². The number of ether oxygens (including phenoxy) is 1. The Kier molecular flexibility index (Phi) is 4.66. The molecule has 3 heterocycles. The van der Waals surface area contributed by atoms with Gasteiger partial charge in [0, 0.05) is 33.8 Å². The fourth-order valence-electron chi connectivity index (χ4n) is 4.14. The van der Waals surface area contributed by atoms with Crippen molar-refractivity contribution in [3.8, 4) is 22.6 Å². The Balaban J connectivity index is 1.49. The fourth-order valence-corrected chi connectivity index (χ4v) is 5.11. The lowest BCUT2D eigenvalue weighted by atomic mass is 10.0. The van der Waals surface area contributed by atoms with Crippen LogP contribution >= 0.6 is 11.3 Å². The van der Waals surface area contributed by atoms with E-state index in [-0.39, 0.29) is 23.7 Å². The molecule has 0 saturated carbocycles. The van der Waals surface area contributed by atoms with Gasteiger partial charge >= 0.3 is 0 Å². The van der Waals surface area contributed by atoms with E-state index in [9.17, 15) is 9.90 Å². The van der Waals surface area contributed by atoms with E-state index in [1.54, 1.807) is 17.4 Å². The lowest BCUT2D eigenvalue weighted by Crippen LogP contribution is -2.46. The SMILES string of the molecule is CC1CC(C(=O)N2CCOc3c(O)cc(-c4csc5ccccc45)cc3C2)NN1. The number of amides is 1. The monoisotopic (exact) mass is 409 g/mol. The predicted octanol–water partition coefficient (Wildman–Crippen LogP) is 3.25. The van der Waals surface area contributed by atoms with E-state index >= 15 is 0 Å². The molecule has 1 saturated heterocycles. The van der Waals surface area contributed by atoms with Crippen LogP contribution in [0.4, 0.5) is 0 Å². The molecule has 0 bridgehead atoms. The third-order valence-electron chi connectivity index (χ3n) is 5.61. The van der Waals surface area contributed by atoms with Crippen molar-refractivity contribution < 1.29 is 14.6 Å². The molecule has 0 radical (unpaired) electrons. The number of hydrogen-bond donors (Lipinski definition) is 3. The van der Waals surface area contributed by atoms with Crippen LogP contribution in [0.2, 0.25) is 0 Å². The Labute approximate surface area is 173 Å². The van der Waals surface area contributed by atoms with Gasteiger partial charge in [0.05, 0.1) is 6.54 Å². The van der Waals surface area contributed by atoms with Gasteiger partial charge in [-0.15, -0.1) is 11.3 Å². The first-order valence-corrected chi connectivity index (χ1v) is 10.7. The second-order valence-electron chi connectivity index (χ2n) is 7.72. The molecule has 150 valence electrons. The number of phenolic OH excluding ortho intramolecular Hbond substituents is 1. The number of benzene rings is 2. The third-order valence-corrected chi connectivity index (χ3v) is 6.57. The quantitative estimate of drug-likeness (QED) is 0.606. The van der Waals surface area contributed by atoms with Gasteiger partial charge < -0.3 is 14.7 Å². The number of aromatic hydroxyl groups is 1. The van der Waals surface area contributed by atoms with E-state index < -0.39 is 0 Å². The second-order valence-corrected chi connectivity index (χ2v) is 8.63. The summed E-state index contributed by atoms with van der Waals surface area (Å²) < 4.78 is 7.03. The smallest absolute Gasteiger partial charge is 0.241 e. The van der Waals surface area contributed by atoms with E-state index in [2.05, 4.69) is 35.3 Å². The summed E-state index contributed by atoms with van der Waals surface area (Å²) in [6, 6.07) is 12.1. The number of nitrogens with zero attached hydrogens (tertiary/aromatic N) is 1.